The van der Waals surface area contributed by atoms with Crippen molar-refractivity contribution in [3.05, 3.63) is 22.8 Å². The third-order valence-electron chi connectivity index (χ3n) is 2.48. The Morgan fingerprint density at radius 1 is 1.50 bits per heavy atom. The van der Waals surface area contributed by atoms with Crippen LogP contribution in [0.25, 0.3) is 0 Å². The van der Waals surface area contributed by atoms with Gasteiger partial charge >= 0.3 is 6.18 Å². The SMILES string of the molecule is CCC(CCO)Nc1ncc(C(F)(F)F)cc1Cl. The summed E-state index contributed by atoms with van der Waals surface area (Å²) in [5.74, 6) is 0.199. The molecule has 0 bridgehead atoms. The quantitative estimate of drug-likeness (QED) is 0.871. The van der Waals surface area contributed by atoms with Gasteiger partial charge in [-0.1, -0.05) is 18.5 Å². The molecule has 0 fully saturated rings. The highest BCUT2D eigenvalue weighted by Crippen LogP contribution is 2.32. The Morgan fingerprint density at radius 2 is 2.17 bits per heavy atom. The van der Waals surface area contributed by atoms with Crippen LogP contribution in [-0.4, -0.2) is 22.7 Å². The summed E-state index contributed by atoms with van der Waals surface area (Å²) in [6.45, 7) is 1.88. The Morgan fingerprint density at radius 3 is 2.61 bits per heavy atom. The smallest absolute Gasteiger partial charge is 0.396 e. The fourth-order valence-electron chi connectivity index (χ4n) is 1.43. The van der Waals surface area contributed by atoms with Gasteiger partial charge < -0.3 is 10.4 Å². The molecule has 1 rings (SSSR count). The molecule has 7 heteroatoms. The molecule has 0 aromatic carbocycles. The number of anilines is 1. The van der Waals surface area contributed by atoms with Crippen LogP contribution in [0.2, 0.25) is 5.02 Å². The van der Waals surface area contributed by atoms with Crippen molar-refractivity contribution in [1.82, 2.24) is 4.98 Å². The van der Waals surface area contributed by atoms with Gasteiger partial charge in [-0.3, -0.25) is 0 Å². The summed E-state index contributed by atoms with van der Waals surface area (Å²) in [6.07, 6.45) is -2.53. The molecule has 3 nitrogen and oxygen atoms in total. The van der Waals surface area contributed by atoms with Crippen molar-refractivity contribution in [3.63, 3.8) is 0 Å². The molecule has 0 radical (unpaired) electrons. The molecule has 0 aliphatic rings. The fourth-order valence-corrected chi connectivity index (χ4v) is 1.65. The molecule has 1 atom stereocenters. The van der Waals surface area contributed by atoms with E-state index < -0.39 is 11.7 Å². The number of aliphatic hydroxyl groups is 1. The molecule has 0 amide bonds. The number of aliphatic hydroxyl groups excluding tert-OH is 1. The van der Waals surface area contributed by atoms with Crippen molar-refractivity contribution in [2.75, 3.05) is 11.9 Å². The number of nitrogens with zero attached hydrogens (tertiary/aromatic N) is 1. The minimum Gasteiger partial charge on any atom is -0.396 e. The van der Waals surface area contributed by atoms with Crippen molar-refractivity contribution >= 4 is 17.4 Å². The van der Waals surface area contributed by atoms with Gasteiger partial charge in [0.15, 0.2) is 0 Å². The van der Waals surface area contributed by atoms with Gasteiger partial charge in [-0.2, -0.15) is 13.2 Å². The summed E-state index contributed by atoms with van der Waals surface area (Å²) in [5.41, 5.74) is -0.881. The summed E-state index contributed by atoms with van der Waals surface area (Å²) in [6, 6.07) is 0.763. The van der Waals surface area contributed by atoms with E-state index in [9.17, 15) is 13.2 Å². The monoisotopic (exact) mass is 282 g/mol. The Kier molecular flexibility index (Phi) is 5.22. The maximum Gasteiger partial charge on any atom is 0.417 e. The van der Waals surface area contributed by atoms with Gasteiger partial charge in [0.2, 0.25) is 0 Å². The minimum atomic E-state index is -4.45. The first-order chi connectivity index (χ1) is 8.38. The number of rotatable bonds is 5. The molecule has 0 spiro atoms. The van der Waals surface area contributed by atoms with Crippen molar-refractivity contribution in [3.8, 4) is 0 Å². The zero-order chi connectivity index (χ0) is 13.8. The zero-order valence-electron chi connectivity index (χ0n) is 9.76. The highest BCUT2D eigenvalue weighted by atomic mass is 35.5. The standard InChI is InChI=1S/C11H14ClF3N2O/c1-2-8(3-4-18)17-10-9(12)5-7(6-16-10)11(13,14)15/h5-6,8,18H,2-4H2,1H3,(H,16,17). The third kappa shape index (κ3) is 4.03. The molecule has 0 saturated heterocycles. The van der Waals surface area contributed by atoms with Gasteiger partial charge in [-0.15, -0.1) is 0 Å². The van der Waals surface area contributed by atoms with E-state index in [1.807, 2.05) is 6.92 Å². The number of nitrogens with one attached hydrogen (secondary N) is 1. The Bertz CT molecular complexity index is 398. The van der Waals surface area contributed by atoms with E-state index in [4.69, 9.17) is 16.7 Å². The number of hydrogen-bond acceptors (Lipinski definition) is 3. The first-order valence-electron chi connectivity index (χ1n) is 5.48. The predicted octanol–water partition coefficient (Wildman–Crippen LogP) is 3.33. The maximum atomic E-state index is 12.4. The molecule has 0 aliphatic heterocycles. The van der Waals surface area contributed by atoms with Crippen LogP contribution in [0.4, 0.5) is 19.0 Å². The third-order valence-corrected chi connectivity index (χ3v) is 2.77. The van der Waals surface area contributed by atoms with Crippen molar-refractivity contribution in [2.24, 2.45) is 0 Å². The van der Waals surface area contributed by atoms with Crippen LogP contribution in [0.3, 0.4) is 0 Å². The molecular formula is C11H14ClF3N2O. The molecule has 1 heterocycles. The van der Waals surface area contributed by atoms with Crippen LogP contribution in [0, 0.1) is 0 Å². The van der Waals surface area contributed by atoms with Crippen LogP contribution in [0.15, 0.2) is 12.3 Å². The largest absolute Gasteiger partial charge is 0.417 e. The van der Waals surface area contributed by atoms with Gasteiger partial charge in [-0.25, -0.2) is 4.98 Å². The minimum absolute atomic E-state index is 0.0102. The van der Waals surface area contributed by atoms with Gasteiger partial charge in [0, 0.05) is 18.8 Å². The molecule has 0 aliphatic carbocycles. The highest BCUT2D eigenvalue weighted by molar-refractivity contribution is 6.32. The van der Waals surface area contributed by atoms with Gasteiger partial charge in [0.05, 0.1) is 10.6 Å². The first kappa shape index (κ1) is 15.0. The number of pyridine rings is 1. The summed E-state index contributed by atoms with van der Waals surface area (Å²) < 4.78 is 37.2. The lowest BCUT2D eigenvalue weighted by atomic mass is 10.1. The maximum absolute atomic E-state index is 12.4. The van der Waals surface area contributed by atoms with E-state index >= 15 is 0 Å². The number of aromatic nitrogens is 1. The highest BCUT2D eigenvalue weighted by Gasteiger charge is 2.31. The summed E-state index contributed by atoms with van der Waals surface area (Å²) in [4.78, 5) is 3.67. The Balaban J connectivity index is 2.85. The van der Waals surface area contributed by atoms with Gasteiger partial charge in [-0.05, 0) is 18.9 Å². The van der Waals surface area contributed by atoms with Gasteiger partial charge in [0.1, 0.15) is 5.82 Å². The molecule has 1 aromatic heterocycles. The van der Waals surface area contributed by atoms with E-state index in [0.29, 0.717) is 12.8 Å². The second-order valence-electron chi connectivity index (χ2n) is 3.81. The zero-order valence-corrected chi connectivity index (χ0v) is 10.5. The number of hydrogen-bond donors (Lipinski definition) is 2. The summed E-state index contributed by atoms with van der Waals surface area (Å²) >= 11 is 5.75. The van der Waals surface area contributed by atoms with E-state index in [2.05, 4.69) is 10.3 Å². The average molecular weight is 283 g/mol. The lowest BCUT2D eigenvalue weighted by Gasteiger charge is -2.17. The molecule has 0 saturated carbocycles. The van der Waals surface area contributed by atoms with Gasteiger partial charge in [0.25, 0.3) is 0 Å². The summed E-state index contributed by atoms with van der Waals surface area (Å²) in [7, 11) is 0. The Labute approximate surface area is 108 Å². The van der Waals surface area contributed by atoms with Crippen molar-refractivity contribution < 1.29 is 18.3 Å². The topological polar surface area (TPSA) is 45.1 Å². The lowest BCUT2D eigenvalue weighted by Crippen LogP contribution is -2.21. The van der Waals surface area contributed by atoms with E-state index in [-0.39, 0.29) is 23.5 Å². The van der Waals surface area contributed by atoms with Crippen LogP contribution in [0.1, 0.15) is 25.3 Å². The van der Waals surface area contributed by atoms with Crippen LogP contribution >= 0.6 is 11.6 Å². The number of halogens is 4. The van der Waals surface area contributed by atoms with Crippen molar-refractivity contribution in [1.29, 1.82) is 0 Å². The molecule has 18 heavy (non-hydrogen) atoms. The van der Waals surface area contributed by atoms with Crippen molar-refractivity contribution in [2.45, 2.75) is 32.0 Å². The molecule has 2 N–H and O–H groups in total. The van der Waals surface area contributed by atoms with E-state index in [1.54, 1.807) is 0 Å². The van der Waals surface area contributed by atoms with Crippen LogP contribution in [0.5, 0.6) is 0 Å². The molecule has 1 unspecified atom stereocenters. The van der Waals surface area contributed by atoms with Crippen LogP contribution in [-0.2, 0) is 6.18 Å². The second-order valence-corrected chi connectivity index (χ2v) is 4.22. The summed E-state index contributed by atoms with van der Waals surface area (Å²) in [5, 5.41) is 11.6. The molecule has 102 valence electrons. The molecular weight excluding hydrogens is 269 g/mol. The van der Waals surface area contributed by atoms with E-state index in [1.165, 1.54) is 0 Å². The molecule has 1 aromatic rings. The second kappa shape index (κ2) is 6.24. The first-order valence-corrected chi connectivity index (χ1v) is 5.86. The normalized spacial score (nSPS) is 13.4. The Hall–Kier alpha value is -1.01. The predicted molar refractivity (Wildman–Crippen MR) is 63.7 cm³/mol. The van der Waals surface area contributed by atoms with E-state index in [0.717, 1.165) is 12.3 Å². The van der Waals surface area contributed by atoms with Crippen LogP contribution < -0.4 is 5.32 Å². The fraction of sp³-hybridized carbons (Fsp3) is 0.545. The average Bonchev–Trinajstić information content (AvgIpc) is 2.29. The lowest BCUT2D eigenvalue weighted by molar-refractivity contribution is -0.137. The number of alkyl halides is 3.